The summed E-state index contributed by atoms with van der Waals surface area (Å²) in [5.41, 5.74) is -0.326. The monoisotopic (exact) mass is 369 g/mol. The lowest BCUT2D eigenvalue weighted by atomic mass is 9.88. The first-order valence-corrected chi connectivity index (χ1v) is 8.41. The summed E-state index contributed by atoms with van der Waals surface area (Å²) in [6.07, 6.45) is 0.503. The van der Waals surface area contributed by atoms with Crippen LogP contribution in [0.2, 0.25) is 5.02 Å². The number of benzene rings is 1. The lowest BCUT2D eigenvalue weighted by Gasteiger charge is -2.24. The highest BCUT2D eigenvalue weighted by Crippen LogP contribution is 2.39. The Bertz CT molecular complexity index is 694. The number of fused-ring (bicyclic) bond motifs is 1. The topological polar surface area (TPSA) is 85.3 Å². The minimum atomic E-state index is -1.03. The Kier molecular flexibility index (Phi) is 5.06. The van der Waals surface area contributed by atoms with E-state index in [1.165, 1.54) is 7.11 Å². The molecule has 1 fully saturated rings. The van der Waals surface area contributed by atoms with E-state index in [0.717, 1.165) is 0 Å². The van der Waals surface area contributed by atoms with Gasteiger partial charge >= 0.3 is 5.97 Å². The SMILES string of the molecule is COCC1(C(=O)O)CCN(C(=O)Cc2cc(Cl)c3c(c2)OCCO3)C1. The van der Waals surface area contributed by atoms with Gasteiger partial charge in [-0.3, -0.25) is 9.59 Å². The largest absolute Gasteiger partial charge is 0.486 e. The van der Waals surface area contributed by atoms with Gasteiger partial charge in [0.1, 0.15) is 18.6 Å². The normalized spacial score (nSPS) is 22.1. The molecular formula is C17H20ClNO6. The van der Waals surface area contributed by atoms with E-state index < -0.39 is 11.4 Å². The molecule has 1 amide bonds. The second-order valence-corrected chi connectivity index (χ2v) is 6.77. The molecule has 0 bridgehead atoms. The summed E-state index contributed by atoms with van der Waals surface area (Å²) >= 11 is 6.19. The van der Waals surface area contributed by atoms with E-state index in [2.05, 4.69) is 0 Å². The van der Waals surface area contributed by atoms with Gasteiger partial charge in [0, 0.05) is 20.2 Å². The Morgan fingerprint density at radius 1 is 1.36 bits per heavy atom. The van der Waals surface area contributed by atoms with Gasteiger partial charge in [-0.1, -0.05) is 11.6 Å². The molecule has 2 heterocycles. The molecule has 25 heavy (non-hydrogen) atoms. The molecule has 2 aliphatic rings. The van der Waals surface area contributed by atoms with Gasteiger partial charge in [-0.2, -0.15) is 0 Å². The molecule has 2 aliphatic heterocycles. The van der Waals surface area contributed by atoms with Gasteiger partial charge in [0.2, 0.25) is 5.91 Å². The van der Waals surface area contributed by atoms with E-state index in [4.69, 9.17) is 25.8 Å². The zero-order valence-electron chi connectivity index (χ0n) is 13.9. The first-order valence-electron chi connectivity index (χ1n) is 8.03. The molecule has 136 valence electrons. The predicted molar refractivity (Wildman–Crippen MR) is 89.3 cm³/mol. The summed E-state index contributed by atoms with van der Waals surface area (Å²) in [6.45, 7) is 1.50. The molecule has 0 radical (unpaired) electrons. The highest BCUT2D eigenvalue weighted by atomic mass is 35.5. The quantitative estimate of drug-likeness (QED) is 0.848. The van der Waals surface area contributed by atoms with Crippen LogP contribution in [0.25, 0.3) is 0 Å². The lowest BCUT2D eigenvalue weighted by molar-refractivity contribution is -0.151. The molecule has 0 saturated carbocycles. The molecule has 3 rings (SSSR count). The summed E-state index contributed by atoms with van der Waals surface area (Å²) in [5.74, 6) is -0.0588. The van der Waals surface area contributed by atoms with Gasteiger partial charge in [0.15, 0.2) is 11.5 Å². The molecule has 1 atom stereocenters. The zero-order chi connectivity index (χ0) is 18.0. The molecule has 1 saturated heterocycles. The van der Waals surface area contributed by atoms with Crippen LogP contribution in [0, 0.1) is 5.41 Å². The molecule has 0 aromatic heterocycles. The van der Waals surface area contributed by atoms with Crippen molar-refractivity contribution in [3.05, 3.63) is 22.7 Å². The Morgan fingerprint density at radius 3 is 2.84 bits per heavy atom. The van der Waals surface area contributed by atoms with Gasteiger partial charge in [0.05, 0.1) is 18.1 Å². The van der Waals surface area contributed by atoms with E-state index >= 15 is 0 Å². The van der Waals surface area contributed by atoms with Crippen molar-refractivity contribution >= 4 is 23.5 Å². The fraction of sp³-hybridized carbons (Fsp3) is 0.529. The number of rotatable bonds is 5. The van der Waals surface area contributed by atoms with Crippen molar-refractivity contribution in [2.24, 2.45) is 5.41 Å². The Morgan fingerprint density at radius 2 is 2.12 bits per heavy atom. The average Bonchev–Trinajstić information content (AvgIpc) is 3.01. The lowest BCUT2D eigenvalue weighted by Crippen LogP contribution is -2.40. The molecular weight excluding hydrogens is 350 g/mol. The number of halogens is 1. The highest BCUT2D eigenvalue weighted by molar-refractivity contribution is 6.32. The maximum absolute atomic E-state index is 12.6. The van der Waals surface area contributed by atoms with Crippen molar-refractivity contribution in [1.82, 2.24) is 4.90 Å². The third-order valence-corrected chi connectivity index (χ3v) is 4.87. The Labute approximate surface area is 150 Å². The van der Waals surface area contributed by atoms with Gasteiger partial charge in [-0.25, -0.2) is 0 Å². The Balaban J connectivity index is 1.71. The molecule has 0 spiro atoms. The number of nitrogens with zero attached hydrogens (tertiary/aromatic N) is 1. The van der Waals surface area contributed by atoms with Crippen LogP contribution in [0.5, 0.6) is 11.5 Å². The number of carbonyl (C=O) groups is 2. The number of carbonyl (C=O) groups excluding carboxylic acids is 1. The molecule has 1 N–H and O–H groups in total. The summed E-state index contributed by atoms with van der Waals surface area (Å²) in [6, 6.07) is 3.43. The number of likely N-dealkylation sites (tertiary alicyclic amines) is 1. The van der Waals surface area contributed by atoms with Gasteiger partial charge in [0.25, 0.3) is 0 Å². The van der Waals surface area contributed by atoms with E-state index in [1.807, 2.05) is 0 Å². The molecule has 1 aromatic rings. The van der Waals surface area contributed by atoms with Crippen LogP contribution in [0.3, 0.4) is 0 Å². The number of ether oxygens (including phenoxy) is 3. The number of hydrogen-bond donors (Lipinski definition) is 1. The fourth-order valence-corrected chi connectivity index (χ4v) is 3.56. The van der Waals surface area contributed by atoms with Crippen LogP contribution in [-0.2, 0) is 20.7 Å². The second-order valence-electron chi connectivity index (χ2n) is 6.36. The van der Waals surface area contributed by atoms with Crippen LogP contribution >= 0.6 is 11.6 Å². The minimum absolute atomic E-state index is 0.0853. The zero-order valence-corrected chi connectivity index (χ0v) is 14.7. The van der Waals surface area contributed by atoms with Crippen molar-refractivity contribution in [3.63, 3.8) is 0 Å². The smallest absolute Gasteiger partial charge is 0.313 e. The number of aliphatic carboxylic acids is 1. The van der Waals surface area contributed by atoms with E-state index in [0.29, 0.717) is 48.3 Å². The molecule has 0 aliphatic carbocycles. The van der Waals surface area contributed by atoms with Crippen LogP contribution in [0.15, 0.2) is 12.1 Å². The first kappa shape index (κ1) is 17.8. The molecule has 1 aromatic carbocycles. The maximum Gasteiger partial charge on any atom is 0.313 e. The van der Waals surface area contributed by atoms with E-state index in [1.54, 1.807) is 17.0 Å². The summed E-state index contributed by atoms with van der Waals surface area (Å²) in [7, 11) is 1.46. The summed E-state index contributed by atoms with van der Waals surface area (Å²) in [4.78, 5) is 25.7. The van der Waals surface area contributed by atoms with Crippen LogP contribution in [0.4, 0.5) is 0 Å². The van der Waals surface area contributed by atoms with Gasteiger partial charge in [-0.05, 0) is 24.1 Å². The van der Waals surface area contributed by atoms with Crippen molar-refractivity contribution in [2.45, 2.75) is 12.8 Å². The van der Waals surface area contributed by atoms with Gasteiger partial charge < -0.3 is 24.2 Å². The predicted octanol–water partition coefficient (Wildman–Crippen LogP) is 1.60. The highest BCUT2D eigenvalue weighted by Gasteiger charge is 2.46. The third-order valence-electron chi connectivity index (χ3n) is 4.59. The number of amides is 1. The maximum atomic E-state index is 12.6. The molecule has 1 unspecified atom stereocenters. The molecule has 8 heteroatoms. The number of hydrogen-bond acceptors (Lipinski definition) is 5. The van der Waals surface area contributed by atoms with E-state index in [9.17, 15) is 14.7 Å². The van der Waals surface area contributed by atoms with Crippen molar-refractivity contribution < 1.29 is 28.9 Å². The van der Waals surface area contributed by atoms with Crippen LogP contribution < -0.4 is 9.47 Å². The number of carboxylic acids is 1. The number of carboxylic acid groups (broad SMARTS) is 1. The van der Waals surface area contributed by atoms with E-state index in [-0.39, 0.29) is 25.5 Å². The Hall–Kier alpha value is -1.99. The van der Waals surface area contributed by atoms with Crippen molar-refractivity contribution in [3.8, 4) is 11.5 Å². The van der Waals surface area contributed by atoms with Crippen LogP contribution in [0.1, 0.15) is 12.0 Å². The third kappa shape index (κ3) is 3.52. The van der Waals surface area contributed by atoms with Gasteiger partial charge in [-0.15, -0.1) is 0 Å². The summed E-state index contributed by atoms with van der Waals surface area (Å²) < 4.78 is 16.0. The average molecular weight is 370 g/mol. The second kappa shape index (κ2) is 7.09. The summed E-state index contributed by atoms with van der Waals surface area (Å²) in [5, 5.41) is 9.89. The minimum Gasteiger partial charge on any atom is -0.486 e. The fourth-order valence-electron chi connectivity index (χ4n) is 3.27. The first-order chi connectivity index (χ1) is 11.9. The molecule has 7 nitrogen and oxygen atoms in total. The van der Waals surface area contributed by atoms with Crippen LogP contribution in [-0.4, -0.2) is 61.9 Å². The standard InChI is InChI=1S/C17H20ClNO6/c1-23-10-17(16(21)22)2-3-19(9-17)14(20)8-11-6-12(18)15-13(7-11)24-4-5-25-15/h6-7H,2-5,8-10H2,1H3,(H,21,22). The van der Waals surface area contributed by atoms with Crippen molar-refractivity contribution in [2.75, 3.05) is 40.0 Å². The number of methoxy groups -OCH3 is 1. The van der Waals surface area contributed by atoms with Crippen molar-refractivity contribution in [1.29, 1.82) is 0 Å².